The Morgan fingerprint density at radius 1 is 1.45 bits per heavy atom. The van der Waals surface area contributed by atoms with Crippen LogP contribution < -0.4 is 5.32 Å². The zero-order valence-corrected chi connectivity index (χ0v) is 13.3. The number of benzene rings is 1. The molecule has 2 rings (SSSR count). The summed E-state index contributed by atoms with van der Waals surface area (Å²) in [5, 5.41) is 13.6. The number of thioether (sulfide) groups is 1. The SMILES string of the molecule is CCC(C)[C@H]1CSC(=Nc2cc(C)c(C#N)cc2C)N1. The van der Waals surface area contributed by atoms with E-state index in [0.29, 0.717) is 12.0 Å². The van der Waals surface area contributed by atoms with Crippen LogP contribution in [0.25, 0.3) is 0 Å². The number of hydrogen-bond donors (Lipinski definition) is 1. The van der Waals surface area contributed by atoms with Crippen LogP contribution in [0.3, 0.4) is 0 Å². The number of nitrogens with one attached hydrogen (secondary N) is 1. The summed E-state index contributed by atoms with van der Waals surface area (Å²) in [6.45, 7) is 8.46. The van der Waals surface area contributed by atoms with Crippen molar-refractivity contribution in [2.75, 3.05) is 5.75 Å². The van der Waals surface area contributed by atoms with Crippen LogP contribution in [0, 0.1) is 31.1 Å². The molecule has 0 aliphatic carbocycles. The zero-order chi connectivity index (χ0) is 14.7. The second kappa shape index (κ2) is 6.32. The number of aryl methyl sites for hydroxylation is 2. The van der Waals surface area contributed by atoms with Gasteiger partial charge in [0, 0.05) is 11.8 Å². The molecule has 0 spiro atoms. The second-order valence-corrected chi connectivity index (χ2v) is 6.44. The lowest BCUT2D eigenvalue weighted by molar-refractivity contribution is 0.450. The lowest BCUT2D eigenvalue weighted by atomic mass is 10.0. The van der Waals surface area contributed by atoms with E-state index in [9.17, 15) is 0 Å². The van der Waals surface area contributed by atoms with Crippen LogP contribution in [0.5, 0.6) is 0 Å². The average molecular weight is 287 g/mol. The highest BCUT2D eigenvalue weighted by Crippen LogP contribution is 2.27. The van der Waals surface area contributed by atoms with Crippen LogP contribution in [0.1, 0.15) is 37.0 Å². The lowest BCUT2D eigenvalue weighted by Gasteiger charge is -2.16. The molecule has 1 aliphatic rings. The van der Waals surface area contributed by atoms with Gasteiger partial charge >= 0.3 is 0 Å². The maximum absolute atomic E-state index is 9.04. The fraction of sp³-hybridized carbons (Fsp3) is 0.500. The van der Waals surface area contributed by atoms with Gasteiger partial charge in [-0.05, 0) is 43.0 Å². The Hall–Kier alpha value is -1.47. The molecule has 1 aliphatic heterocycles. The van der Waals surface area contributed by atoms with Crippen LogP contribution in [-0.2, 0) is 0 Å². The molecule has 4 heteroatoms. The smallest absolute Gasteiger partial charge is 0.162 e. The molecule has 1 fully saturated rings. The van der Waals surface area contributed by atoms with Crippen molar-refractivity contribution in [3.63, 3.8) is 0 Å². The third-order valence-corrected chi connectivity index (χ3v) is 4.93. The van der Waals surface area contributed by atoms with E-state index in [4.69, 9.17) is 10.3 Å². The Morgan fingerprint density at radius 3 is 2.85 bits per heavy atom. The van der Waals surface area contributed by atoms with Crippen LogP contribution in [0.4, 0.5) is 5.69 Å². The van der Waals surface area contributed by atoms with Crippen molar-refractivity contribution in [2.24, 2.45) is 10.9 Å². The molecule has 1 saturated heterocycles. The third-order valence-electron chi connectivity index (χ3n) is 3.92. The molecule has 0 aromatic heterocycles. The van der Waals surface area contributed by atoms with E-state index in [1.807, 2.05) is 26.0 Å². The highest BCUT2D eigenvalue weighted by Gasteiger charge is 2.24. The zero-order valence-electron chi connectivity index (χ0n) is 12.5. The Labute approximate surface area is 125 Å². The first-order valence-corrected chi connectivity index (χ1v) is 8.03. The summed E-state index contributed by atoms with van der Waals surface area (Å²) < 4.78 is 0. The predicted molar refractivity (Wildman–Crippen MR) is 86.6 cm³/mol. The number of nitrogens with zero attached hydrogens (tertiary/aromatic N) is 2. The van der Waals surface area contributed by atoms with Gasteiger partial charge in [0.1, 0.15) is 0 Å². The molecule has 1 unspecified atom stereocenters. The Kier molecular flexibility index (Phi) is 4.72. The Morgan fingerprint density at radius 2 is 2.20 bits per heavy atom. The van der Waals surface area contributed by atoms with Crippen LogP contribution in [0.2, 0.25) is 0 Å². The molecule has 2 atom stereocenters. The number of rotatable bonds is 3. The number of nitriles is 1. The van der Waals surface area contributed by atoms with Crippen molar-refractivity contribution in [3.05, 3.63) is 28.8 Å². The van der Waals surface area contributed by atoms with Crippen LogP contribution in [-0.4, -0.2) is 17.0 Å². The first-order valence-electron chi connectivity index (χ1n) is 7.04. The van der Waals surface area contributed by atoms with Crippen LogP contribution >= 0.6 is 11.8 Å². The van der Waals surface area contributed by atoms with Gasteiger partial charge in [-0.1, -0.05) is 32.0 Å². The second-order valence-electron chi connectivity index (χ2n) is 5.43. The largest absolute Gasteiger partial charge is 0.361 e. The van der Waals surface area contributed by atoms with Gasteiger partial charge in [0.15, 0.2) is 5.17 Å². The summed E-state index contributed by atoms with van der Waals surface area (Å²) in [7, 11) is 0. The molecular formula is C16H21N3S. The fourth-order valence-electron chi connectivity index (χ4n) is 2.22. The number of aliphatic imine (C=N–C) groups is 1. The molecule has 0 bridgehead atoms. The predicted octanol–water partition coefficient (Wildman–Crippen LogP) is 3.91. The van der Waals surface area contributed by atoms with Gasteiger partial charge in [-0.2, -0.15) is 5.26 Å². The molecule has 1 aromatic rings. The molecule has 20 heavy (non-hydrogen) atoms. The molecule has 1 aromatic carbocycles. The van der Waals surface area contributed by atoms with E-state index in [0.717, 1.165) is 33.3 Å². The van der Waals surface area contributed by atoms with Crippen molar-refractivity contribution < 1.29 is 0 Å². The summed E-state index contributed by atoms with van der Waals surface area (Å²) in [5.41, 5.74) is 3.73. The van der Waals surface area contributed by atoms with Gasteiger partial charge in [-0.15, -0.1) is 0 Å². The fourth-order valence-corrected chi connectivity index (χ4v) is 3.36. The molecule has 3 nitrogen and oxygen atoms in total. The van der Waals surface area contributed by atoms with Gasteiger partial charge in [0.2, 0.25) is 0 Å². The van der Waals surface area contributed by atoms with E-state index in [1.165, 1.54) is 6.42 Å². The van der Waals surface area contributed by atoms with Crippen molar-refractivity contribution in [1.29, 1.82) is 5.26 Å². The van der Waals surface area contributed by atoms with E-state index in [1.54, 1.807) is 11.8 Å². The minimum absolute atomic E-state index is 0.517. The minimum atomic E-state index is 0.517. The average Bonchev–Trinajstić information content (AvgIpc) is 2.90. The molecular weight excluding hydrogens is 266 g/mol. The van der Waals surface area contributed by atoms with Crippen molar-refractivity contribution in [2.45, 2.75) is 40.2 Å². The molecule has 0 amide bonds. The normalized spacial score (nSPS) is 21.6. The first-order chi connectivity index (χ1) is 9.55. The highest BCUT2D eigenvalue weighted by atomic mass is 32.2. The maximum atomic E-state index is 9.04. The summed E-state index contributed by atoms with van der Waals surface area (Å²) in [6, 6.07) is 6.65. The Balaban J connectivity index is 2.21. The Bertz CT molecular complexity index is 572. The summed E-state index contributed by atoms with van der Waals surface area (Å²) in [6.07, 6.45) is 1.18. The summed E-state index contributed by atoms with van der Waals surface area (Å²) >= 11 is 1.79. The summed E-state index contributed by atoms with van der Waals surface area (Å²) in [5.74, 6) is 1.75. The first kappa shape index (κ1) is 14.9. The van der Waals surface area contributed by atoms with Crippen LogP contribution in [0.15, 0.2) is 17.1 Å². The monoisotopic (exact) mass is 287 g/mol. The van der Waals surface area contributed by atoms with Gasteiger partial charge < -0.3 is 5.32 Å². The molecule has 1 heterocycles. The number of amidine groups is 1. The van der Waals surface area contributed by atoms with Gasteiger partial charge in [-0.25, -0.2) is 4.99 Å². The number of hydrogen-bond acceptors (Lipinski definition) is 3. The topological polar surface area (TPSA) is 48.2 Å². The maximum Gasteiger partial charge on any atom is 0.162 e. The standard InChI is InChI=1S/C16H21N3S/c1-5-10(2)15-9-20-16(19-15)18-14-7-11(3)13(8-17)6-12(14)4/h6-7,10,15H,5,9H2,1-4H3,(H,18,19)/t10?,15-/m1/s1. The molecule has 106 valence electrons. The van der Waals surface area contributed by atoms with Crippen molar-refractivity contribution in [1.82, 2.24) is 5.32 Å². The molecule has 1 N–H and O–H groups in total. The third kappa shape index (κ3) is 3.16. The van der Waals surface area contributed by atoms with E-state index in [2.05, 4.69) is 25.2 Å². The van der Waals surface area contributed by atoms with Crippen molar-refractivity contribution in [3.8, 4) is 6.07 Å². The quantitative estimate of drug-likeness (QED) is 0.916. The highest BCUT2D eigenvalue weighted by molar-refractivity contribution is 8.14. The van der Waals surface area contributed by atoms with E-state index in [-0.39, 0.29) is 0 Å². The minimum Gasteiger partial charge on any atom is -0.361 e. The summed E-state index contributed by atoms with van der Waals surface area (Å²) in [4.78, 5) is 4.72. The van der Waals surface area contributed by atoms with Gasteiger partial charge in [-0.3, -0.25) is 0 Å². The van der Waals surface area contributed by atoms with E-state index < -0.39 is 0 Å². The van der Waals surface area contributed by atoms with Crippen molar-refractivity contribution >= 4 is 22.6 Å². The molecule has 0 radical (unpaired) electrons. The lowest BCUT2D eigenvalue weighted by Crippen LogP contribution is -2.32. The van der Waals surface area contributed by atoms with Gasteiger partial charge in [0.25, 0.3) is 0 Å². The van der Waals surface area contributed by atoms with Gasteiger partial charge in [0.05, 0.1) is 17.3 Å². The van der Waals surface area contributed by atoms with E-state index >= 15 is 0 Å². The molecule has 0 saturated carbocycles.